The van der Waals surface area contributed by atoms with Crippen molar-refractivity contribution < 1.29 is 46.8 Å². The number of carbonyl (C=O) groups excluding carboxylic acids is 1. The fraction of sp³-hybridized carbons (Fsp3) is 0.333. The lowest BCUT2D eigenvalue weighted by Crippen LogP contribution is -2.32. The predicted octanol–water partition coefficient (Wildman–Crippen LogP) is 2.60. The standard InChI is InChI=1S/C27H30N6O10P2/c1-2-28-27(34)32-23-20-24(30-15-29-23)33(16-31-20)25-22-21(41-26(42-22)18-11-7-4-8-12-18)19(40-25)13-39-45(37,38)43-44(35,36)14-17-9-5-3-6-10-17/h3-12,15-16,19,21-22,25-26H,2,13-14H2,1H3,(H,35,36)(H,37,38)(H2,28,29,30,32,34)/p-2/t19-,21?,22+,25-,26-/m1/s1. The van der Waals surface area contributed by atoms with E-state index < -0.39 is 65.0 Å². The van der Waals surface area contributed by atoms with E-state index >= 15 is 0 Å². The Balaban J connectivity index is 1.22. The van der Waals surface area contributed by atoms with Crippen LogP contribution in [0.3, 0.4) is 0 Å². The molecule has 238 valence electrons. The van der Waals surface area contributed by atoms with Gasteiger partial charge in [0.25, 0.3) is 7.82 Å². The Labute approximate surface area is 256 Å². The van der Waals surface area contributed by atoms with E-state index in [1.807, 2.05) is 30.3 Å². The van der Waals surface area contributed by atoms with Gasteiger partial charge in [-0.05, 0) is 12.5 Å². The second-order valence-corrected chi connectivity index (χ2v) is 13.5. The molecule has 2 aliphatic rings. The maximum atomic E-state index is 12.6. The number of carbonyl (C=O) groups is 1. The van der Waals surface area contributed by atoms with Gasteiger partial charge in [-0.1, -0.05) is 60.7 Å². The number of rotatable bonds is 11. The molecule has 2 N–H and O–H groups in total. The maximum absolute atomic E-state index is 12.6. The van der Waals surface area contributed by atoms with Gasteiger partial charge in [0.1, 0.15) is 32.2 Å². The molecule has 3 unspecified atom stereocenters. The van der Waals surface area contributed by atoms with E-state index in [1.165, 1.54) is 24.8 Å². The van der Waals surface area contributed by atoms with Crippen LogP contribution in [0.15, 0.2) is 73.3 Å². The Hall–Kier alpha value is -3.56. The van der Waals surface area contributed by atoms with Crippen LogP contribution in [0, 0.1) is 0 Å². The summed E-state index contributed by atoms with van der Waals surface area (Å²) in [5.41, 5.74) is 1.62. The van der Waals surface area contributed by atoms with E-state index in [4.69, 9.17) is 18.7 Å². The van der Waals surface area contributed by atoms with Crippen molar-refractivity contribution in [3.05, 3.63) is 84.4 Å². The summed E-state index contributed by atoms with van der Waals surface area (Å²) in [6, 6.07) is 16.6. The number of fused-ring (bicyclic) bond motifs is 2. The number of phosphoric acid groups is 1. The highest BCUT2D eigenvalue weighted by molar-refractivity contribution is 7.62. The summed E-state index contributed by atoms with van der Waals surface area (Å²) in [7, 11) is -10.2. The van der Waals surface area contributed by atoms with Crippen LogP contribution in [0.5, 0.6) is 0 Å². The van der Waals surface area contributed by atoms with Crippen molar-refractivity contribution in [1.82, 2.24) is 24.8 Å². The van der Waals surface area contributed by atoms with Gasteiger partial charge in [0.2, 0.25) is 0 Å². The molecule has 45 heavy (non-hydrogen) atoms. The maximum Gasteiger partial charge on any atom is 0.320 e. The van der Waals surface area contributed by atoms with Gasteiger partial charge >= 0.3 is 6.03 Å². The van der Waals surface area contributed by atoms with Gasteiger partial charge < -0.3 is 38.4 Å². The van der Waals surface area contributed by atoms with Crippen molar-refractivity contribution in [2.24, 2.45) is 0 Å². The summed E-state index contributed by atoms with van der Waals surface area (Å²) in [5, 5.41) is 5.24. The van der Waals surface area contributed by atoms with E-state index in [2.05, 4.69) is 29.9 Å². The van der Waals surface area contributed by atoms with Crippen LogP contribution in [-0.2, 0) is 38.3 Å². The molecule has 0 aliphatic carbocycles. The minimum absolute atomic E-state index is 0.159. The zero-order chi connectivity index (χ0) is 31.6. The van der Waals surface area contributed by atoms with Crippen LogP contribution in [0.1, 0.15) is 30.6 Å². The fourth-order valence-electron chi connectivity index (χ4n) is 5.08. The number of ether oxygens (including phenoxy) is 3. The number of nitrogens with one attached hydrogen (secondary N) is 2. The number of aromatic nitrogens is 4. The number of nitrogens with zero attached hydrogens (tertiary/aromatic N) is 4. The normalized spacial score (nSPS) is 25.4. The molecule has 2 aromatic carbocycles. The number of hydrogen-bond donors (Lipinski definition) is 2. The molecule has 2 aliphatic heterocycles. The molecule has 0 saturated carbocycles. The van der Waals surface area contributed by atoms with Crippen LogP contribution in [-0.4, -0.2) is 57.0 Å². The van der Waals surface area contributed by atoms with Crippen LogP contribution < -0.4 is 20.4 Å². The Kier molecular flexibility index (Phi) is 9.11. The lowest BCUT2D eigenvalue weighted by molar-refractivity contribution is -0.235. The van der Waals surface area contributed by atoms with Gasteiger partial charge in [-0.15, -0.1) is 0 Å². The number of benzene rings is 2. The monoisotopic (exact) mass is 658 g/mol. The highest BCUT2D eigenvalue weighted by Gasteiger charge is 2.54. The van der Waals surface area contributed by atoms with E-state index in [0.717, 1.165) is 0 Å². The highest BCUT2D eigenvalue weighted by atomic mass is 31.3. The van der Waals surface area contributed by atoms with E-state index in [1.54, 1.807) is 29.7 Å². The summed E-state index contributed by atoms with van der Waals surface area (Å²) >= 11 is 0. The Bertz CT molecular complexity index is 1750. The third-order valence-electron chi connectivity index (χ3n) is 6.96. The van der Waals surface area contributed by atoms with E-state index in [-0.39, 0.29) is 11.3 Å². The first kappa shape index (κ1) is 31.4. The molecule has 0 spiro atoms. The van der Waals surface area contributed by atoms with Crippen LogP contribution in [0.2, 0.25) is 0 Å². The van der Waals surface area contributed by atoms with Crippen molar-refractivity contribution >= 4 is 38.4 Å². The van der Waals surface area contributed by atoms with Crippen LogP contribution in [0.4, 0.5) is 10.6 Å². The second-order valence-electron chi connectivity index (χ2n) is 10.1. The highest BCUT2D eigenvalue weighted by Crippen LogP contribution is 2.57. The van der Waals surface area contributed by atoms with Crippen molar-refractivity contribution in [2.45, 2.75) is 43.9 Å². The van der Waals surface area contributed by atoms with Crippen LogP contribution >= 0.6 is 15.4 Å². The summed E-state index contributed by atoms with van der Waals surface area (Å²) in [6.45, 7) is 1.53. The molecule has 2 fully saturated rings. The van der Waals surface area contributed by atoms with Gasteiger partial charge in [0, 0.05) is 18.3 Å². The molecule has 16 nitrogen and oxygen atoms in total. The molecule has 2 aromatic heterocycles. The second kappa shape index (κ2) is 13.0. The number of imidazole rings is 1. The van der Waals surface area contributed by atoms with Crippen LogP contribution in [0.25, 0.3) is 11.2 Å². The summed E-state index contributed by atoms with van der Waals surface area (Å²) in [5.74, 6) is 0.159. The first-order valence-corrected chi connectivity index (χ1v) is 17.1. The van der Waals surface area contributed by atoms with Gasteiger partial charge in [-0.3, -0.25) is 18.8 Å². The van der Waals surface area contributed by atoms with Crippen molar-refractivity contribution in [1.29, 1.82) is 0 Å². The lowest BCUT2D eigenvalue weighted by Gasteiger charge is -2.32. The molecule has 0 radical (unpaired) electrons. The summed E-state index contributed by atoms with van der Waals surface area (Å²) < 4.78 is 54.8. The average Bonchev–Trinajstić information content (AvgIpc) is 3.71. The molecule has 18 heteroatoms. The number of phosphoric ester groups is 1. The van der Waals surface area contributed by atoms with Crippen molar-refractivity contribution in [2.75, 3.05) is 18.5 Å². The third kappa shape index (κ3) is 7.15. The Morgan fingerprint density at radius 1 is 0.978 bits per heavy atom. The van der Waals surface area contributed by atoms with Crippen molar-refractivity contribution in [3.63, 3.8) is 0 Å². The quantitative estimate of drug-likeness (QED) is 0.222. The SMILES string of the molecule is CCNC(=O)Nc1ncnc2c1ncn2[C@@H]1O[C@H](COP(=O)([O-])OP(=O)([O-])Cc2ccccc2)C2O[C@@H](c3ccccc3)O[C@@H]21. The van der Waals surface area contributed by atoms with Gasteiger partial charge in [0.05, 0.1) is 12.9 Å². The molecule has 2 amide bonds. The van der Waals surface area contributed by atoms with E-state index in [0.29, 0.717) is 23.3 Å². The predicted molar refractivity (Wildman–Crippen MR) is 153 cm³/mol. The molecular formula is C27H28N6O10P2-2. The van der Waals surface area contributed by atoms with E-state index in [9.17, 15) is 23.7 Å². The van der Waals surface area contributed by atoms with Gasteiger partial charge in [0.15, 0.2) is 29.5 Å². The first-order chi connectivity index (χ1) is 21.6. The molecule has 4 heterocycles. The largest absolute Gasteiger partial charge is 0.778 e. The molecular weight excluding hydrogens is 630 g/mol. The molecule has 6 rings (SSSR count). The van der Waals surface area contributed by atoms with Crippen molar-refractivity contribution in [3.8, 4) is 0 Å². The lowest BCUT2D eigenvalue weighted by atomic mass is 10.1. The minimum atomic E-state index is -5.35. The Morgan fingerprint density at radius 2 is 1.69 bits per heavy atom. The smallest absolute Gasteiger partial charge is 0.320 e. The number of anilines is 1. The topological polar surface area (TPSA) is 211 Å². The molecule has 0 bridgehead atoms. The summed E-state index contributed by atoms with van der Waals surface area (Å²) in [4.78, 5) is 50.0. The molecule has 2 saturated heterocycles. The molecule has 4 aromatic rings. The summed E-state index contributed by atoms with van der Waals surface area (Å²) in [6.07, 6.45) is -2.43. The number of urea groups is 1. The minimum Gasteiger partial charge on any atom is -0.778 e. The number of amides is 2. The number of hydrogen-bond acceptors (Lipinski definition) is 13. The first-order valence-electron chi connectivity index (χ1n) is 13.9. The average molecular weight is 659 g/mol. The van der Waals surface area contributed by atoms with Gasteiger partial charge in [-0.25, -0.2) is 19.7 Å². The Morgan fingerprint density at radius 3 is 2.42 bits per heavy atom. The fourth-order valence-corrected chi connectivity index (χ4v) is 7.70. The zero-order valence-electron chi connectivity index (χ0n) is 23.7. The van der Waals surface area contributed by atoms with Gasteiger partial charge in [-0.2, -0.15) is 0 Å². The molecule has 7 atom stereocenters. The third-order valence-corrected chi connectivity index (χ3v) is 9.97. The zero-order valence-corrected chi connectivity index (χ0v) is 25.5.